The average molecular weight is 219 g/mol. The molecule has 0 bridgehead atoms. The van der Waals surface area contributed by atoms with Gasteiger partial charge in [0.15, 0.2) is 5.82 Å². The molecule has 0 saturated heterocycles. The normalized spacial score (nSPS) is 11.3. The van der Waals surface area contributed by atoms with Gasteiger partial charge < -0.3 is 5.73 Å². The lowest BCUT2D eigenvalue weighted by Gasteiger charge is -2.11. The van der Waals surface area contributed by atoms with Crippen molar-refractivity contribution in [3.8, 4) is 5.82 Å². The van der Waals surface area contributed by atoms with E-state index >= 15 is 0 Å². The molecule has 0 atom stereocenters. The van der Waals surface area contributed by atoms with Crippen molar-refractivity contribution >= 4 is 5.69 Å². The van der Waals surface area contributed by atoms with Gasteiger partial charge >= 0.3 is 0 Å². The van der Waals surface area contributed by atoms with Crippen molar-refractivity contribution in [1.82, 2.24) is 19.6 Å². The standard InChI is InChI=1S/C11H17N5/c1-7(2)16-11(10(12)9(4)14-16)15-6-5-8(3)13-15/h5-7H,12H2,1-4H3. The van der Waals surface area contributed by atoms with E-state index in [1.165, 1.54) is 0 Å². The van der Waals surface area contributed by atoms with E-state index in [2.05, 4.69) is 24.0 Å². The number of rotatable bonds is 2. The Morgan fingerprint density at radius 1 is 1.25 bits per heavy atom. The first-order valence-electron chi connectivity index (χ1n) is 5.38. The van der Waals surface area contributed by atoms with E-state index in [0.29, 0.717) is 5.69 Å². The molecular formula is C11H17N5. The van der Waals surface area contributed by atoms with E-state index < -0.39 is 0 Å². The molecule has 5 nitrogen and oxygen atoms in total. The minimum Gasteiger partial charge on any atom is -0.394 e. The van der Waals surface area contributed by atoms with Crippen molar-refractivity contribution < 1.29 is 0 Å². The average Bonchev–Trinajstić information content (AvgIpc) is 2.73. The van der Waals surface area contributed by atoms with Crippen molar-refractivity contribution in [2.45, 2.75) is 33.7 Å². The highest BCUT2D eigenvalue weighted by Crippen LogP contribution is 2.23. The van der Waals surface area contributed by atoms with Gasteiger partial charge in [0.2, 0.25) is 0 Å². The SMILES string of the molecule is Cc1ccn(-c2c(N)c(C)nn2C(C)C)n1. The molecule has 0 unspecified atom stereocenters. The third kappa shape index (κ3) is 1.58. The third-order valence-corrected chi connectivity index (χ3v) is 2.53. The number of nitrogens with two attached hydrogens (primary N) is 1. The summed E-state index contributed by atoms with van der Waals surface area (Å²) in [5, 5.41) is 8.80. The van der Waals surface area contributed by atoms with Crippen LogP contribution in [0, 0.1) is 13.8 Å². The number of hydrogen-bond acceptors (Lipinski definition) is 3. The van der Waals surface area contributed by atoms with Crippen LogP contribution in [0.5, 0.6) is 0 Å². The van der Waals surface area contributed by atoms with E-state index in [1.54, 1.807) is 4.68 Å². The Morgan fingerprint density at radius 3 is 2.44 bits per heavy atom. The van der Waals surface area contributed by atoms with Gasteiger partial charge in [0.05, 0.1) is 17.1 Å². The first-order chi connectivity index (χ1) is 7.50. The van der Waals surface area contributed by atoms with Crippen molar-refractivity contribution in [1.29, 1.82) is 0 Å². The molecule has 2 rings (SSSR count). The number of nitrogens with zero attached hydrogens (tertiary/aromatic N) is 4. The van der Waals surface area contributed by atoms with Gasteiger partial charge in [-0.25, -0.2) is 9.36 Å². The zero-order chi connectivity index (χ0) is 11.9. The van der Waals surface area contributed by atoms with Crippen molar-refractivity contribution in [3.05, 3.63) is 23.7 Å². The highest BCUT2D eigenvalue weighted by molar-refractivity contribution is 5.57. The summed E-state index contributed by atoms with van der Waals surface area (Å²) >= 11 is 0. The summed E-state index contributed by atoms with van der Waals surface area (Å²) < 4.78 is 3.68. The lowest BCUT2D eigenvalue weighted by atomic mass is 10.3. The van der Waals surface area contributed by atoms with Crippen LogP contribution in [0.25, 0.3) is 5.82 Å². The van der Waals surface area contributed by atoms with Gasteiger partial charge in [-0.1, -0.05) is 0 Å². The Kier molecular flexibility index (Phi) is 2.46. The second kappa shape index (κ2) is 3.66. The zero-order valence-electron chi connectivity index (χ0n) is 10.1. The van der Waals surface area contributed by atoms with Gasteiger partial charge in [-0.15, -0.1) is 0 Å². The van der Waals surface area contributed by atoms with E-state index in [9.17, 15) is 0 Å². The van der Waals surface area contributed by atoms with E-state index in [-0.39, 0.29) is 6.04 Å². The minimum atomic E-state index is 0.260. The second-order valence-electron chi connectivity index (χ2n) is 4.26. The van der Waals surface area contributed by atoms with E-state index in [0.717, 1.165) is 17.2 Å². The van der Waals surface area contributed by atoms with Crippen LogP contribution in [0.4, 0.5) is 5.69 Å². The van der Waals surface area contributed by atoms with E-state index in [1.807, 2.05) is 30.8 Å². The lowest BCUT2D eigenvalue weighted by molar-refractivity contribution is 0.512. The monoisotopic (exact) mass is 219 g/mol. The summed E-state index contributed by atoms with van der Waals surface area (Å²) in [4.78, 5) is 0. The molecule has 0 radical (unpaired) electrons. The van der Waals surface area contributed by atoms with Crippen molar-refractivity contribution in [3.63, 3.8) is 0 Å². The molecule has 0 aliphatic carbocycles. The molecule has 0 saturated carbocycles. The fraction of sp³-hybridized carbons (Fsp3) is 0.455. The molecule has 86 valence electrons. The number of aryl methyl sites for hydroxylation is 2. The molecule has 0 fully saturated rings. The van der Waals surface area contributed by atoms with Crippen LogP contribution >= 0.6 is 0 Å². The molecule has 16 heavy (non-hydrogen) atoms. The molecule has 2 heterocycles. The van der Waals surface area contributed by atoms with Gasteiger partial charge in [0.1, 0.15) is 0 Å². The van der Waals surface area contributed by atoms with Gasteiger partial charge in [-0.05, 0) is 33.8 Å². The minimum absolute atomic E-state index is 0.260. The molecule has 0 amide bonds. The Hall–Kier alpha value is -1.78. The number of aromatic nitrogens is 4. The predicted octanol–water partition coefficient (Wildman–Crippen LogP) is 1.85. The van der Waals surface area contributed by atoms with Crippen LogP contribution in [-0.2, 0) is 0 Å². The van der Waals surface area contributed by atoms with Crippen LogP contribution in [0.1, 0.15) is 31.3 Å². The molecule has 0 spiro atoms. The highest BCUT2D eigenvalue weighted by Gasteiger charge is 2.16. The van der Waals surface area contributed by atoms with Crippen LogP contribution in [-0.4, -0.2) is 19.6 Å². The summed E-state index contributed by atoms with van der Waals surface area (Å²) in [5.41, 5.74) is 8.54. The zero-order valence-corrected chi connectivity index (χ0v) is 10.1. The molecule has 2 aromatic rings. The van der Waals surface area contributed by atoms with Crippen molar-refractivity contribution in [2.24, 2.45) is 0 Å². The van der Waals surface area contributed by atoms with Gasteiger partial charge in [-0.2, -0.15) is 10.2 Å². The summed E-state index contributed by atoms with van der Waals surface area (Å²) in [6, 6.07) is 2.21. The van der Waals surface area contributed by atoms with Crippen LogP contribution in [0.2, 0.25) is 0 Å². The van der Waals surface area contributed by atoms with Crippen molar-refractivity contribution in [2.75, 3.05) is 5.73 Å². The smallest absolute Gasteiger partial charge is 0.175 e. The number of anilines is 1. The predicted molar refractivity (Wildman–Crippen MR) is 63.6 cm³/mol. The third-order valence-electron chi connectivity index (χ3n) is 2.53. The quantitative estimate of drug-likeness (QED) is 0.838. The molecule has 0 aliphatic heterocycles. The van der Waals surface area contributed by atoms with Gasteiger partial charge in [0, 0.05) is 12.2 Å². The Labute approximate surface area is 94.9 Å². The second-order valence-corrected chi connectivity index (χ2v) is 4.26. The van der Waals surface area contributed by atoms with E-state index in [4.69, 9.17) is 5.73 Å². The summed E-state index contributed by atoms with van der Waals surface area (Å²) in [6.45, 7) is 8.02. The Morgan fingerprint density at radius 2 is 1.94 bits per heavy atom. The van der Waals surface area contributed by atoms with Gasteiger partial charge in [-0.3, -0.25) is 0 Å². The fourth-order valence-electron chi connectivity index (χ4n) is 1.67. The molecule has 2 N–H and O–H groups in total. The maximum Gasteiger partial charge on any atom is 0.175 e. The molecule has 0 aromatic carbocycles. The van der Waals surface area contributed by atoms with Gasteiger partial charge in [0.25, 0.3) is 0 Å². The first-order valence-corrected chi connectivity index (χ1v) is 5.38. The summed E-state index contributed by atoms with van der Waals surface area (Å²) in [5.74, 6) is 0.848. The maximum absolute atomic E-state index is 6.04. The van der Waals surface area contributed by atoms with Crippen LogP contribution < -0.4 is 5.73 Å². The first kappa shape index (κ1) is 10.7. The molecular weight excluding hydrogens is 202 g/mol. The maximum atomic E-state index is 6.04. The largest absolute Gasteiger partial charge is 0.394 e. The van der Waals surface area contributed by atoms with Crippen LogP contribution in [0.15, 0.2) is 12.3 Å². The topological polar surface area (TPSA) is 61.7 Å². The summed E-state index contributed by atoms with van der Waals surface area (Å²) in [7, 11) is 0. The molecule has 0 aliphatic rings. The Balaban J connectivity index is 2.62. The van der Waals surface area contributed by atoms with Crippen LogP contribution in [0.3, 0.4) is 0 Å². The molecule has 2 aromatic heterocycles. The fourth-order valence-corrected chi connectivity index (χ4v) is 1.67. The number of hydrogen-bond donors (Lipinski definition) is 1. The Bertz CT molecular complexity index is 506. The molecule has 5 heteroatoms. The summed E-state index contributed by atoms with van der Waals surface area (Å²) in [6.07, 6.45) is 1.90. The lowest BCUT2D eigenvalue weighted by Crippen LogP contribution is -2.11. The number of nitrogen functional groups attached to an aromatic ring is 1. The highest BCUT2D eigenvalue weighted by atomic mass is 15.4.